The zero-order valence-corrected chi connectivity index (χ0v) is 13.0. The molecule has 0 saturated carbocycles. The number of allylic oxidation sites excluding steroid dienone is 3. The number of nitrogens with one attached hydrogen (secondary N) is 1. The summed E-state index contributed by atoms with van der Waals surface area (Å²) in [5.41, 5.74) is 7.65. The van der Waals surface area contributed by atoms with Crippen molar-refractivity contribution in [1.29, 1.82) is 0 Å². The summed E-state index contributed by atoms with van der Waals surface area (Å²) in [4.78, 5) is 8.15. The summed E-state index contributed by atoms with van der Waals surface area (Å²) in [6, 6.07) is 13.2. The first-order chi connectivity index (χ1) is 10.7. The highest BCUT2D eigenvalue weighted by molar-refractivity contribution is 5.96. The van der Waals surface area contributed by atoms with Crippen molar-refractivity contribution >= 4 is 5.71 Å². The van der Waals surface area contributed by atoms with Gasteiger partial charge < -0.3 is 4.98 Å². The molecule has 2 aliphatic rings. The lowest BCUT2D eigenvalue weighted by atomic mass is 9.89. The van der Waals surface area contributed by atoms with Gasteiger partial charge in [-0.2, -0.15) is 0 Å². The molecule has 2 heteroatoms. The fourth-order valence-electron chi connectivity index (χ4n) is 3.64. The predicted octanol–water partition coefficient (Wildman–Crippen LogP) is 4.66. The molecule has 1 aromatic carbocycles. The Labute approximate surface area is 131 Å². The molecule has 0 radical (unpaired) electrons. The SMILES string of the molecule is CC1=N/C(=C\C2c3ccccc3CC2c2ccc(C)[nH]2)C=C1. The van der Waals surface area contributed by atoms with Crippen molar-refractivity contribution in [3.05, 3.63) is 82.8 Å². The molecule has 110 valence electrons. The molecular weight excluding hydrogens is 268 g/mol. The van der Waals surface area contributed by atoms with Gasteiger partial charge in [-0.25, -0.2) is 0 Å². The Balaban J connectivity index is 1.78. The molecule has 0 spiro atoms. The number of H-pyrrole nitrogens is 1. The lowest BCUT2D eigenvalue weighted by Crippen LogP contribution is -2.05. The van der Waals surface area contributed by atoms with Crippen LogP contribution in [0.5, 0.6) is 0 Å². The van der Waals surface area contributed by atoms with Crippen molar-refractivity contribution in [2.24, 2.45) is 4.99 Å². The molecule has 2 aromatic rings. The maximum atomic E-state index is 4.61. The van der Waals surface area contributed by atoms with Crippen molar-refractivity contribution in [3.8, 4) is 0 Å². The van der Waals surface area contributed by atoms with Crippen LogP contribution >= 0.6 is 0 Å². The molecule has 1 aromatic heterocycles. The van der Waals surface area contributed by atoms with Gasteiger partial charge in [0.1, 0.15) is 0 Å². The Morgan fingerprint density at radius 1 is 1.09 bits per heavy atom. The summed E-state index contributed by atoms with van der Waals surface area (Å²) in [6.45, 7) is 4.16. The maximum absolute atomic E-state index is 4.61. The third-order valence-electron chi connectivity index (χ3n) is 4.69. The van der Waals surface area contributed by atoms with E-state index in [1.165, 1.54) is 22.5 Å². The fourth-order valence-corrected chi connectivity index (χ4v) is 3.64. The van der Waals surface area contributed by atoms with Crippen LogP contribution in [0.2, 0.25) is 0 Å². The first-order valence-corrected chi connectivity index (χ1v) is 7.89. The first kappa shape index (κ1) is 13.3. The minimum Gasteiger partial charge on any atom is -0.362 e. The number of hydrogen-bond donors (Lipinski definition) is 1. The zero-order chi connectivity index (χ0) is 15.1. The van der Waals surface area contributed by atoms with E-state index in [9.17, 15) is 0 Å². The summed E-state index contributed by atoms with van der Waals surface area (Å²) in [5.74, 6) is 0.867. The number of nitrogens with zero attached hydrogens (tertiary/aromatic N) is 1. The number of rotatable bonds is 2. The van der Waals surface area contributed by atoms with Gasteiger partial charge >= 0.3 is 0 Å². The molecule has 0 fully saturated rings. The van der Waals surface area contributed by atoms with Crippen LogP contribution in [0.15, 0.2) is 65.3 Å². The van der Waals surface area contributed by atoms with Crippen molar-refractivity contribution in [2.75, 3.05) is 0 Å². The first-order valence-electron chi connectivity index (χ1n) is 7.89. The van der Waals surface area contributed by atoms with Crippen LogP contribution in [-0.4, -0.2) is 10.7 Å². The van der Waals surface area contributed by atoms with Crippen molar-refractivity contribution in [1.82, 2.24) is 4.98 Å². The molecule has 0 amide bonds. The highest BCUT2D eigenvalue weighted by Gasteiger charge is 2.33. The number of aromatic amines is 1. The highest BCUT2D eigenvalue weighted by atomic mass is 14.8. The molecule has 22 heavy (non-hydrogen) atoms. The monoisotopic (exact) mass is 288 g/mol. The lowest BCUT2D eigenvalue weighted by Gasteiger charge is -2.16. The third kappa shape index (κ3) is 2.25. The normalized spacial score (nSPS) is 24.8. The molecule has 0 bridgehead atoms. The van der Waals surface area contributed by atoms with Crippen LogP contribution < -0.4 is 0 Å². The highest BCUT2D eigenvalue weighted by Crippen LogP contribution is 2.45. The van der Waals surface area contributed by atoms with Gasteiger partial charge in [-0.3, -0.25) is 4.99 Å². The number of aryl methyl sites for hydroxylation is 1. The Morgan fingerprint density at radius 2 is 1.95 bits per heavy atom. The van der Waals surface area contributed by atoms with Gasteiger partial charge in [-0.1, -0.05) is 30.3 Å². The van der Waals surface area contributed by atoms with E-state index >= 15 is 0 Å². The second kappa shape index (κ2) is 5.13. The molecule has 1 aliphatic heterocycles. The number of fused-ring (bicyclic) bond motifs is 1. The fraction of sp³-hybridized carbons (Fsp3) is 0.250. The summed E-state index contributed by atoms with van der Waals surface area (Å²) < 4.78 is 0. The average Bonchev–Trinajstić information content (AvgIpc) is 3.20. The van der Waals surface area contributed by atoms with E-state index in [2.05, 4.69) is 71.5 Å². The smallest absolute Gasteiger partial charge is 0.0600 e. The Bertz CT molecular complexity index is 805. The summed E-state index contributed by atoms with van der Waals surface area (Å²) in [7, 11) is 0. The average molecular weight is 288 g/mol. The Hall–Kier alpha value is -2.35. The second-order valence-corrected chi connectivity index (χ2v) is 6.31. The van der Waals surface area contributed by atoms with Gasteiger partial charge in [-0.15, -0.1) is 0 Å². The summed E-state index contributed by atoms with van der Waals surface area (Å²) >= 11 is 0. The molecule has 4 rings (SSSR count). The summed E-state index contributed by atoms with van der Waals surface area (Å²) in [5, 5.41) is 0. The lowest BCUT2D eigenvalue weighted by molar-refractivity contribution is 0.652. The Morgan fingerprint density at radius 3 is 2.68 bits per heavy atom. The molecular formula is C20H20N2. The van der Waals surface area contributed by atoms with Crippen LogP contribution in [0, 0.1) is 6.92 Å². The third-order valence-corrected chi connectivity index (χ3v) is 4.69. The van der Waals surface area contributed by atoms with Crippen LogP contribution in [0.3, 0.4) is 0 Å². The number of hydrogen-bond acceptors (Lipinski definition) is 1. The van der Waals surface area contributed by atoms with E-state index in [0.717, 1.165) is 17.8 Å². The van der Waals surface area contributed by atoms with Gasteiger partial charge in [0.05, 0.1) is 5.70 Å². The predicted molar refractivity (Wildman–Crippen MR) is 91.5 cm³/mol. The Kier molecular flexibility index (Phi) is 3.11. The van der Waals surface area contributed by atoms with E-state index in [1.807, 2.05) is 6.92 Å². The molecule has 1 aliphatic carbocycles. The van der Waals surface area contributed by atoms with Crippen LogP contribution in [0.4, 0.5) is 0 Å². The number of aliphatic imine (C=N–C) groups is 1. The topological polar surface area (TPSA) is 28.1 Å². The van der Waals surface area contributed by atoms with Gasteiger partial charge in [-0.05, 0) is 55.7 Å². The molecule has 2 unspecified atom stereocenters. The number of benzene rings is 1. The van der Waals surface area contributed by atoms with E-state index in [0.29, 0.717) is 11.8 Å². The van der Waals surface area contributed by atoms with E-state index < -0.39 is 0 Å². The summed E-state index contributed by atoms with van der Waals surface area (Å²) in [6.07, 6.45) is 7.63. The minimum atomic E-state index is 0.392. The van der Waals surface area contributed by atoms with Crippen molar-refractivity contribution in [3.63, 3.8) is 0 Å². The van der Waals surface area contributed by atoms with Crippen molar-refractivity contribution in [2.45, 2.75) is 32.1 Å². The zero-order valence-electron chi connectivity index (χ0n) is 13.0. The van der Waals surface area contributed by atoms with Gasteiger partial charge in [0.25, 0.3) is 0 Å². The van der Waals surface area contributed by atoms with Crippen molar-refractivity contribution < 1.29 is 0 Å². The van der Waals surface area contributed by atoms with Crippen LogP contribution in [0.25, 0.3) is 0 Å². The second-order valence-electron chi connectivity index (χ2n) is 6.31. The standard InChI is InChI=1S/C20H20N2/c1-13-7-9-16(21-13)12-18-17-6-4-3-5-15(17)11-19(18)20-10-8-14(2)22-20/h3-10,12,18-19,22H,11H2,1-2H3/b16-12-. The molecule has 2 atom stereocenters. The minimum absolute atomic E-state index is 0.392. The van der Waals surface area contributed by atoms with Gasteiger partial charge in [0.15, 0.2) is 0 Å². The number of aromatic nitrogens is 1. The van der Waals surface area contributed by atoms with Crippen LogP contribution in [-0.2, 0) is 6.42 Å². The van der Waals surface area contributed by atoms with Crippen LogP contribution in [0.1, 0.15) is 41.3 Å². The molecule has 0 saturated heterocycles. The van der Waals surface area contributed by atoms with Gasteiger partial charge in [0, 0.05) is 28.9 Å². The van der Waals surface area contributed by atoms with E-state index in [-0.39, 0.29) is 0 Å². The molecule has 2 nitrogen and oxygen atoms in total. The molecule has 2 heterocycles. The van der Waals surface area contributed by atoms with E-state index in [4.69, 9.17) is 0 Å². The van der Waals surface area contributed by atoms with Gasteiger partial charge in [0.2, 0.25) is 0 Å². The largest absolute Gasteiger partial charge is 0.362 e. The molecule has 1 N–H and O–H groups in total. The quantitative estimate of drug-likeness (QED) is 0.832. The van der Waals surface area contributed by atoms with E-state index in [1.54, 1.807) is 0 Å². The maximum Gasteiger partial charge on any atom is 0.0600 e.